The molecule has 1 aliphatic rings. The summed E-state index contributed by atoms with van der Waals surface area (Å²) >= 11 is 0. The fraction of sp³-hybridized carbons (Fsp3) is 0.385. The number of amides is 2. The Morgan fingerprint density at radius 3 is 2.24 bits per heavy atom. The van der Waals surface area contributed by atoms with Crippen molar-refractivity contribution in [3.05, 3.63) is 35.4 Å². The number of nitrogens with one attached hydrogen (secondary N) is 1. The second-order valence-electron chi connectivity index (χ2n) is 5.39. The minimum Gasteiger partial charge on any atom is -0.294 e. The molecule has 0 radical (unpaired) electrons. The van der Waals surface area contributed by atoms with E-state index in [9.17, 15) is 18.0 Å². The van der Waals surface area contributed by atoms with E-state index in [1.807, 2.05) is 5.43 Å². The van der Waals surface area contributed by atoms with E-state index in [1.54, 1.807) is 24.3 Å². The number of benzene rings is 1. The molecule has 114 valence electrons. The van der Waals surface area contributed by atoms with Crippen LogP contribution in [0.2, 0.25) is 0 Å². The van der Waals surface area contributed by atoms with Gasteiger partial charge in [-0.15, -0.1) is 0 Å². The summed E-state index contributed by atoms with van der Waals surface area (Å²) in [6, 6.07) is 6.78. The average Bonchev–Trinajstić information content (AvgIpc) is 2.45. The molecule has 1 heterocycles. The zero-order valence-electron chi connectivity index (χ0n) is 11.8. The molecule has 1 aliphatic heterocycles. The predicted octanol–water partition coefficient (Wildman–Crippen LogP) is -0.330. The lowest BCUT2D eigenvalue weighted by Gasteiger charge is -2.43. The van der Waals surface area contributed by atoms with Crippen LogP contribution in [0.15, 0.2) is 24.3 Å². The first-order valence-electron chi connectivity index (χ1n) is 6.34. The SMILES string of the molecule is CC1(C)C(=O)N(Cc2ccc(CC(=O)NN)cc2)S1(=O)=O. The van der Waals surface area contributed by atoms with Crippen LogP contribution < -0.4 is 11.3 Å². The van der Waals surface area contributed by atoms with Crippen molar-refractivity contribution in [2.45, 2.75) is 31.6 Å². The minimum atomic E-state index is -3.58. The highest BCUT2D eigenvalue weighted by Gasteiger charge is 2.59. The van der Waals surface area contributed by atoms with E-state index in [0.717, 1.165) is 9.87 Å². The van der Waals surface area contributed by atoms with Crippen LogP contribution in [0.1, 0.15) is 25.0 Å². The van der Waals surface area contributed by atoms with Crippen LogP contribution in [-0.4, -0.2) is 29.3 Å². The Morgan fingerprint density at radius 1 is 1.24 bits per heavy atom. The molecule has 0 spiro atoms. The number of carbonyl (C=O) groups excluding carboxylic acids is 2. The zero-order chi connectivity index (χ0) is 15.8. The van der Waals surface area contributed by atoms with Gasteiger partial charge in [-0.25, -0.2) is 18.6 Å². The highest BCUT2D eigenvalue weighted by molar-refractivity contribution is 7.94. The number of sulfonamides is 1. The van der Waals surface area contributed by atoms with Crippen LogP contribution in [0.3, 0.4) is 0 Å². The van der Waals surface area contributed by atoms with Crippen molar-refractivity contribution < 1.29 is 18.0 Å². The van der Waals surface area contributed by atoms with E-state index in [2.05, 4.69) is 0 Å². The molecular weight excluding hydrogens is 294 g/mol. The Balaban J connectivity index is 2.09. The zero-order valence-corrected chi connectivity index (χ0v) is 12.6. The maximum atomic E-state index is 12.0. The largest absolute Gasteiger partial charge is 0.294 e. The van der Waals surface area contributed by atoms with Crippen molar-refractivity contribution in [3.63, 3.8) is 0 Å². The molecular formula is C13H17N3O4S. The molecule has 2 amide bonds. The number of hydrazine groups is 1. The second-order valence-corrected chi connectivity index (χ2v) is 7.80. The normalized spacial score (nSPS) is 19.0. The molecule has 0 bridgehead atoms. The van der Waals surface area contributed by atoms with E-state index >= 15 is 0 Å². The molecule has 7 nitrogen and oxygen atoms in total. The molecule has 0 atom stereocenters. The third-order valence-electron chi connectivity index (χ3n) is 3.55. The number of hydrogen-bond acceptors (Lipinski definition) is 5. The van der Waals surface area contributed by atoms with Gasteiger partial charge in [-0.1, -0.05) is 24.3 Å². The van der Waals surface area contributed by atoms with Crippen molar-refractivity contribution in [1.29, 1.82) is 0 Å². The van der Waals surface area contributed by atoms with Gasteiger partial charge in [0.1, 0.15) is 0 Å². The van der Waals surface area contributed by atoms with Gasteiger partial charge >= 0.3 is 0 Å². The number of nitrogens with zero attached hydrogens (tertiary/aromatic N) is 1. The summed E-state index contributed by atoms with van der Waals surface area (Å²) in [5, 5.41) is 0. The average molecular weight is 311 g/mol. The molecule has 21 heavy (non-hydrogen) atoms. The smallest absolute Gasteiger partial charge is 0.259 e. The Bertz CT molecular complexity index is 680. The van der Waals surface area contributed by atoms with Gasteiger partial charge in [0.15, 0.2) is 4.75 Å². The first-order chi connectivity index (χ1) is 9.70. The molecule has 0 saturated carbocycles. The third-order valence-corrected chi connectivity index (χ3v) is 5.89. The number of carbonyl (C=O) groups is 2. The Kier molecular flexibility index (Phi) is 3.77. The summed E-state index contributed by atoms with van der Waals surface area (Å²) in [4.78, 5) is 23.0. The Labute approximate surface area is 123 Å². The van der Waals surface area contributed by atoms with E-state index in [-0.39, 0.29) is 18.9 Å². The fourth-order valence-electron chi connectivity index (χ4n) is 2.08. The molecule has 1 aromatic carbocycles. The number of hydrogen-bond donors (Lipinski definition) is 2. The lowest BCUT2D eigenvalue weighted by molar-refractivity contribution is -0.132. The molecule has 0 aromatic heterocycles. The van der Waals surface area contributed by atoms with Crippen LogP contribution in [0.5, 0.6) is 0 Å². The first-order valence-corrected chi connectivity index (χ1v) is 7.78. The Morgan fingerprint density at radius 2 is 1.76 bits per heavy atom. The Hall–Kier alpha value is -1.93. The van der Waals surface area contributed by atoms with Gasteiger partial charge in [0.25, 0.3) is 15.9 Å². The van der Waals surface area contributed by atoms with Crippen molar-refractivity contribution in [2.24, 2.45) is 5.84 Å². The van der Waals surface area contributed by atoms with Crippen molar-refractivity contribution >= 4 is 21.8 Å². The van der Waals surface area contributed by atoms with Gasteiger partial charge in [-0.2, -0.15) is 0 Å². The summed E-state index contributed by atoms with van der Waals surface area (Å²) < 4.78 is 23.5. The van der Waals surface area contributed by atoms with Crippen LogP contribution >= 0.6 is 0 Å². The molecule has 0 unspecified atom stereocenters. The van der Waals surface area contributed by atoms with E-state index < -0.39 is 20.7 Å². The lowest BCUT2D eigenvalue weighted by atomic mass is 10.1. The van der Waals surface area contributed by atoms with Crippen molar-refractivity contribution in [2.75, 3.05) is 0 Å². The van der Waals surface area contributed by atoms with Gasteiger partial charge in [-0.05, 0) is 25.0 Å². The lowest BCUT2D eigenvalue weighted by Crippen LogP contribution is -2.66. The van der Waals surface area contributed by atoms with Gasteiger partial charge in [0, 0.05) is 0 Å². The third kappa shape index (κ3) is 2.52. The standard InChI is InChI=1S/C13H17N3O4S/c1-13(2)12(18)16(21(13,19)20)8-10-5-3-9(4-6-10)7-11(17)15-14/h3-6H,7-8,14H2,1-2H3,(H,15,17). The summed E-state index contributed by atoms with van der Waals surface area (Å²) in [6.45, 7) is 2.80. The highest BCUT2D eigenvalue weighted by atomic mass is 32.2. The second kappa shape index (κ2) is 5.12. The van der Waals surface area contributed by atoms with E-state index in [4.69, 9.17) is 5.84 Å². The van der Waals surface area contributed by atoms with Crippen LogP contribution in [-0.2, 0) is 32.6 Å². The van der Waals surface area contributed by atoms with Gasteiger partial charge in [-0.3, -0.25) is 15.0 Å². The van der Waals surface area contributed by atoms with Crippen LogP contribution in [0.4, 0.5) is 0 Å². The van der Waals surface area contributed by atoms with Crippen molar-refractivity contribution in [1.82, 2.24) is 9.73 Å². The highest BCUT2D eigenvalue weighted by Crippen LogP contribution is 2.35. The number of rotatable bonds is 4. The summed E-state index contributed by atoms with van der Waals surface area (Å²) in [5.74, 6) is 4.28. The maximum absolute atomic E-state index is 12.0. The van der Waals surface area contributed by atoms with Gasteiger partial charge in [0.2, 0.25) is 5.91 Å². The monoisotopic (exact) mass is 311 g/mol. The summed E-state index contributed by atoms with van der Waals surface area (Å²) in [7, 11) is -3.58. The summed E-state index contributed by atoms with van der Waals surface area (Å²) in [6.07, 6.45) is 0.144. The number of nitrogens with two attached hydrogens (primary N) is 1. The first kappa shape index (κ1) is 15.5. The molecule has 2 rings (SSSR count). The van der Waals surface area contributed by atoms with E-state index in [0.29, 0.717) is 5.56 Å². The molecule has 1 aromatic rings. The van der Waals surface area contributed by atoms with Crippen LogP contribution in [0.25, 0.3) is 0 Å². The topological polar surface area (TPSA) is 110 Å². The predicted molar refractivity (Wildman–Crippen MR) is 76.0 cm³/mol. The van der Waals surface area contributed by atoms with Gasteiger partial charge < -0.3 is 0 Å². The quantitative estimate of drug-likeness (QED) is 0.449. The van der Waals surface area contributed by atoms with Crippen LogP contribution in [0, 0.1) is 0 Å². The molecule has 8 heteroatoms. The minimum absolute atomic E-state index is 0.00790. The molecule has 1 saturated heterocycles. The fourth-order valence-corrected chi connectivity index (χ4v) is 3.59. The summed E-state index contributed by atoms with van der Waals surface area (Å²) in [5.41, 5.74) is 3.46. The molecule has 1 fully saturated rings. The van der Waals surface area contributed by atoms with Gasteiger partial charge in [0.05, 0.1) is 13.0 Å². The molecule has 0 aliphatic carbocycles. The van der Waals surface area contributed by atoms with Crippen molar-refractivity contribution in [3.8, 4) is 0 Å². The maximum Gasteiger partial charge on any atom is 0.259 e. The van der Waals surface area contributed by atoms with E-state index in [1.165, 1.54) is 13.8 Å². The molecule has 3 N–H and O–H groups in total.